The van der Waals surface area contributed by atoms with Crippen molar-refractivity contribution < 1.29 is 0 Å². The zero-order valence-electron chi connectivity index (χ0n) is 9.11. The Morgan fingerprint density at radius 2 is 2.19 bits per heavy atom. The average molecular weight is 210 g/mol. The van der Waals surface area contributed by atoms with Crippen molar-refractivity contribution in [3.05, 3.63) is 60.2 Å². The van der Waals surface area contributed by atoms with Gasteiger partial charge in [0.05, 0.1) is 0 Å². The fourth-order valence-corrected chi connectivity index (χ4v) is 2.48. The smallest absolute Gasteiger partial charge is 0.113 e. The van der Waals surface area contributed by atoms with Gasteiger partial charge in [0, 0.05) is 18.3 Å². The first kappa shape index (κ1) is 9.40. The van der Waals surface area contributed by atoms with Gasteiger partial charge in [0.25, 0.3) is 0 Å². The van der Waals surface area contributed by atoms with E-state index in [1.807, 2.05) is 12.4 Å². The van der Waals surface area contributed by atoms with Gasteiger partial charge in [-0.2, -0.15) is 0 Å². The number of imidazole rings is 1. The highest BCUT2D eigenvalue weighted by Crippen LogP contribution is 2.38. The van der Waals surface area contributed by atoms with Crippen molar-refractivity contribution in [2.75, 3.05) is 0 Å². The van der Waals surface area contributed by atoms with Gasteiger partial charge in [-0.3, -0.25) is 0 Å². The van der Waals surface area contributed by atoms with Crippen LogP contribution in [0.3, 0.4) is 0 Å². The molecule has 2 nitrogen and oxygen atoms in total. The Kier molecular flexibility index (Phi) is 2.13. The largest absolute Gasteiger partial charge is 0.348 e. The predicted molar refractivity (Wildman–Crippen MR) is 65.1 cm³/mol. The van der Waals surface area contributed by atoms with E-state index in [-0.39, 0.29) is 0 Å². The van der Waals surface area contributed by atoms with Crippen LogP contribution in [0.25, 0.3) is 5.57 Å². The van der Waals surface area contributed by atoms with Crippen molar-refractivity contribution in [1.82, 2.24) is 9.97 Å². The van der Waals surface area contributed by atoms with Gasteiger partial charge in [-0.1, -0.05) is 30.8 Å². The van der Waals surface area contributed by atoms with E-state index in [0.29, 0.717) is 5.92 Å². The van der Waals surface area contributed by atoms with Crippen molar-refractivity contribution in [2.24, 2.45) is 0 Å². The van der Waals surface area contributed by atoms with Crippen molar-refractivity contribution >= 4 is 5.57 Å². The summed E-state index contributed by atoms with van der Waals surface area (Å²) < 4.78 is 0. The van der Waals surface area contributed by atoms with Crippen LogP contribution in [0.15, 0.2) is 43.2 Å². The summed E-state index contributed by atoms with van der Waals surface area (Å²) in [6, 6.07) is 8.53. The van der Waals surface area contributed by atoms with E-state index in [9.17, 15) is 0 Å². The number of nitrogens with zero attached hydrogens (tertiary/aromatic N) is 1. The predicted octanol–water partition coefficient (Wildman–Crippen LogP) is 3.15. The number of allylic oxidation sites excluding steroid dienone is 1. The van der Waals surface area contributed by atoms with Gasteiger partial charge in [-0.05, 0) is 29.5 Å². The van der Waals surface area contributed by atoms with Crippen LogP contribution in [0, 0.1) is 0 Å². The lowest BCUT2D eigenvalue weighted by Gasteiger charge is -2.25. The molecule has 0 aliphatic heterocycles. The number of aromatic nitrogens is 2. The van der Waals surface area contributed by atoms with Gasteiger partial charge < -0.3 is 4.98 Å². The minimum atomic E-state index is 0.352. The summed E-state index contributed by atoms with van der Waals surface area (Å²) in [5, 5.41) is 0. The normalized spacial score (nSPS) is 19.5. The van der Waals surface area contributed by atoms with Gasteiger partial charge in [0.15, 0.2) is 0 Å². The molecule has 1 unspecified atom stereocenters. The molecule has 1 atom stereocenters. The number of hydrogen-bond acceptors (Lipinski definition) is 1. The van der Waals surface area contributed by atoms with Gasteiger partial charge in [0.1, 0.15) is 5.82 Å². The van der Waals surface area contributed by atoms with Crippen molar-refractivity contribution in [2.45, 2.75) is 18.8 Å². The third-order valence-electron chi connectivity index (χ3n) is 3.34. The number of aryl methyl sites for hydroxylation is 1. The third-order valence-corrected chi connectivity index (χ3v) is 3.34. The summed E-state index contributed by atoms with van der Waals surface area (Å²) in [6.07, 6.45) is 5.90. The van der Waals surface area contributed by atoms with Crippen LogP contribution in [0.1, 0.15) is 29.3 Å². The second-order valence-corrected chi connectivity index (χ2v) is 4.25. The molecule has 0 spiro atoms. The second-order valence-electron chi connectivity index (χ2n) is 4.25. The van der Waals surface area contributed by atoms with Gasteiger partial charge in [0.2, 0.25) is 0 Å². The van der Waals surface area contributed by atoms with Crippen LogP contribution < -0.4 is 0 Å². The maximum Gasteiger partial charge on any atom is 0.113 e. The number of hydrogen-bond donors (Lipinski definition) is 1. The first-order valence-electron chi connectivity index (χ1n) is 5.62. The molecule has 16 heavy (non-hydrogen) atoms. The molecule has 1 aromatic heterocycles. The molecule has 0 amide bonds. The molecule has 1 heterocycles. The minimum absolute atomic E-state index is 0.352. The number of benzene rings is 1. The molecule has 0 saturated heterocycles. The molecule has 80 valence electrons. The van der Waals surface area contributed by atoms with Crippen LogP contribution in [0.5, 0.6) is 0 Å². The molecular weight excluding hydrogens is 196 g/mol. The highest BCUT2D eigenvalue weighted by Gasteiger charge is 2.24. The van der Waals surface area contributed by atoms with E-state index in [2.05, 4.69) is 40.8 Å². The lowest BCUT2D eigenvalue weighted by molar-refractivity contribution is 0.692. The molecule has 1 aliphatic carbocycles. The first-order valence-corrected chi connectivity index (χ1v) is 5.62. The fourth-order valence-electron chi connectivity index (χ4n) is 2.48. The summed E-state index contributed by atoms with van der Waals surface area (Å²) in [5.74, 6) is 1.39. The summed E-state index contributed by atoms with van der Waals surface area (Å²) in [5.41, 5.74) is 3.90. The molecule has 1 aromatic carbocycles. The van der Waals surface area contributed by atoms with E-state index in [4.69, 9.17) is 0 Å². The molecule has 1 aliphatic rings. The maximum atomic E-state index is 4.35. The van der Waals surface area contributed by atoms with E-state index in [0.717, 1.165) is 18.7 Å². The highest BCUT2D eigenvalue weighted by molar-refractivity contribution is 5.72. The lowest BCUT2D eigenvalue weighted by Crippen LogP contribution is -2.12. The summed E-state index contributed by atoms with van der Waals surface area (Å²) >= 11 is 0. The fraction of sp³-hybridized carbons (Fsp3) is 0.214. The highest BCUT2D eigenvalue weighted by atomic mass is 14.9. The Balaban J connectivity index is 2.01. The van der Waals surface area contributed by atoms with E-state index < -0.39 is 0 Å². The first-order chi connectivity index (χ1) is 7.86. The Morgan fingerprint density at radius 3 is 3.00 bits per heavy atom. The topological polar surface area (TPSA) is 28.7 Å². The Hall–Kier alpha value is -1.83. The number of fused-ring (bicyclic) bond motifs is 1. The third kappa shape index (κ3) is 1.38. The molecule has 0 fully saturated rings. The van der Waals surface area contributed by atoms with Crippen LogP contribution in [0.2, 0.25) is 0 Å². The number of H-pyrrole nitrogens is 1. The zero-order chi connectivity index (χ0) is 11.0. The van der Waals surface area contributed by atoms with E-state index in [1.54, 1.807) is 0 Å². The molecule has 3 rings (SSSR count). The van der Waals surface area contributed by atoms with Gasteiger partial charge >= 0.3 is 0 Å². The van der Waals surface area contributed by atoms with Crippen LogP contribution in [-0.2, 0) is 6.42 Å². The monoisotopic (exact) mass is 210 g/mol. The summed E-state index contributed by atoms with van der Waals surface area (Å²) in [4.78, 5) is 7.54. The van der Waals surface area contributed by atoms with Gasteiger partial charge in [-0.25, -0.2) is 4.98 Å². The number of rotatable bonds is 1. The standard InChI is InChI=1S/C14H14N2/c1-10-12-5-3-2-4-11(12)6-7-13(10)14-15-8-9-16-14/h2-5,8-9,13H,1,6-7H2,(H,15,16). The Morgan fingerprint density at radius 1 is 1.31 bits per heavy atom. The number of aromatic amines is 1. The molecule has 1 N–H and O–H groups in total. The van der Waals surface area contributed by atoms with Crippen LogP contribution in [0.4, 0.5) is 0 Å². The van der Waals surface area contributed by atoms with Crippen molar-refractivity contribution in [3.63, 3.8) is 0 Å². The average Bonchev–Trinajstić information content (AvgIpc) is 2.83. The van der Waals surface area contributed by atoms with Crippen LogP contribution >= 0.6 is 0 Å². The molecular formula is C14H14N2. The van der Waals surface area contributed by atoms with E-state index >= 15 is 0 Å². The quantitative estimate of drug-likeness (QED) is 0.769. The number of nitrogens with one attached hydrogen (secondary N) is 1. The second kappa shape index (κ2) is 3.63. The van der Waals surface area contributed by atoms with Gasteiger partial charge in [-0.15, -0.1) is 0 Å². The van der Waals surface area contributed by atoms with Crippen molar-refractivity contribution in [1.29, 1.82) is 0 Å². The molecule has 0 radical (unpaired) electrons. The van der Waals surface area contributed by atoms with Crippen LogP contribution in [-0.4, -0.2) is 9.97 Å². The Labute approximate surface area is 95.0 Å². The summed E-state index contributed by atoms with van der Waals surface area (Å²) in [6.45, 7) is 4.23. The minimum Gasteiger partial charge on any atom is -0.348 e. The Bertz CT molecular complexity index is 511. The SMILES string of the molecule is C=C1c2ccccc2CCC1c1ncc[nH]1. The molecule has 2 aromatic rings. The maximum absolute atomic E-state index is 4.35. The molecule has 0 saturated carbocycles. The van der Waals surface area contributed by atoms with Crippen molar-refractivity contribution in [3.8, 4) is 0 Å². The molecule has 2 heteroatoms. The summed E-state index contributed by atoms with van der Waals surface area (Å²) in [7, 11) is 0. The van der Waals surface area contributed by atoms with E-state index in [1.165, 1.54) is 16.7 Å². The molecule has 0 bridgehead atoms. The zero-order valence-corrected chi connectivity index (χ0v) is 9.11. The lowest BCUT2D eigenvalue weighted by atomic mass is 9.80.